The molecule has 1 N–H and O–H groups in total. The fourth-order valence-electron chi connectivity index (χ4n) is 1.45. The molecule has 0 radical (unpaired) electrons. The zero-order chi connectivity index (χ0) is 9.14. The summed E-state index contributed by atoms with van der Waals surface area (Å²) in [5, 5.41) is 7.71. The highest BCUT2D eigenvalue weighted by molar-refractivity contribution is 5.81. The second-order valence-corrected chi connectivity index (χ2v) is 3.70. The topological polar surface area (TPSA) is 27.1 Å². The van der Waals surface area contributed by atoms with Crippen LogP contribution >= 0.6 is 0 Å². The first-order chi connectivity index (χ1) is 5.61. The van der Waals surface area contributed by atoms with Crippen molar-refractivity contribution in [1.82, 2.24) is 4.90 Å². The van der Waals surface area contributed by atoms with Crippen LogP contribution in [0.1, 0.15) is 26.7 Å². The van der Waals surface area contributed by atoms with Crippen LogP contribution in [0.25, 0.3) is 0 Å². The summed E-state index contributed by atoms with van der Waals surface area (Å²) in [7, 11) is 0. The zero-order valence-electron chi connectivity index (χ0n) is 7.81. The van der Waals surface area contributed by atoms with Crippen molar-refractivity contribution in [3.05, 3.63) is 0 Å². The molecule has 0 bridgehead atoms. The lowest BCUT2D eigenvalue weighted by molar-refractivity contribution is 0.200. The van der Waals surface area contributed by atoms with Crippen LogP contribution in [0.5, 0.6) is 0 Å². The Labute approximate surface area is 73.3 Å². The van der Waals surface area contributed by atoms with Gasteiger partial charge >= 0.3 is 0 Å². The average Bonchev–Trinajstić information content (AvgIpc) is 2.04. The first-order valence-electron chi connectivity index (χ1n) is 4.58. The summed E-state index contributed by atoms with van der Waals surface area (Å²) in [4.78, 5) is 1.99. The van der Waals surface area contributed by atoms with Crippen molar-refractivity contribution in [1.29, 1.82) is 5.41 Å². The number of hydrogen-bond acceptors (Lipinski definition) is 1. The van der Waals surface area contributed by atoms with E-state index in [0.717, 1.165) is 13.1 Å². The van der Waals surface area contributed by atoms with E-state index in [4.69, 9.17) is 5.41 Å². The Hall–Kier alpha value is -0.600. The number of nitrogens with zero attached hydrogens (tertiary/aromatic N) is 1. The summed E-state index contributed by atoms with van der Waals surface area (Å²) in [6.45, 7) is 5.45. The van der Waals surface area contributed by atoms with Crippen LogP contribution in [-0.2, 0) is 0 Å². The fourth-order valence-corrected chi connectivity index (χ4v) is 1.45. The maximum atomic E-state index is 12.7. The fraction of sp³-hybridized carbons (Fsp3) is 0.889. The third-order valence-corrected chi connectivity index (χ3v) is 2.31. The second-order valence-electron chi connectivity index (χ2n) is 3.70. The molecule has 1 aliphatic rings. The van der Waals surface area contributed by atoms with Gasteiger partial charge in [-0.15, -0.1) is 0 Å². The Kier molecular flexibility index (Phi) is 3.06. The zero-order valence-corrected chi connectivity index (χ0v) is 7.81. The highest BCUT2D eigenvalue weighted by Crippen LogP contribution is 2.15. The van der Waals surface area contributed by atoms with Gasteiger partial charge in [0.1, 0.15) is 6.17 Å². The molecule has 0 aromatic carbocycles. The molecular formula is C9H17FN2. The van der Waals surface area contributed by atoms with E-state index in [-0.39, 0.29) is 5.92 Å². The van der Waals surface area contributed by atoms with Crippen molar-refractivity contribution in [2.45, 2.75) is 32.9 Å². The molecule has 3 heteroatoms. The molecule has 1 rings (SSSR count). The lowest BCUT2D eigenvalue weighted by Crippen LogP contribution is -2.40. The second kappa shape index (κ2) is 3.87. The molecule has 12 heavy (non-hydrogen) atoms. The maximum absolute atomic E-state index is 12.7. The van der Waals surface area contributed by atoms with Crippen LogP contribution < -0.4 is 0 Å². The van der Waals surface area contributed by atoms with E-state index in [9.17, 15) is 4.39 Å². The quantitative estimate of drug-likeness (QED) is 0.475. The van der Waals surface area contributed by atoms with E-state index in [1.165, 1.54) is 0 Å². The standard InChI is InChI=1S/C9H17FN2/c1-7(2)9(11)12-5-3-8(10)4-6-12/h7-8,11H,3-6H2,1-2H3. The molecule has 2 nitrogen and oxygen atoms in total. The van der Waals surface area contributed by atoms with Crippen LogP contribution in [0.15, 0.2) is 0 Å². The van der Waals surface area contributed by atoms with Gasteiger partial charge in [0.2, 0.25) is 0 Å². The van der Waals surface area contributed by atoms with Crippen molar-refractivity contribution >= 4 is 5.84 Å². The third-order valence-electron chi connectivity index (χ3n) is 2.31. The van der Waals surface area contributed by atoms with Gasteiger partial charge in [-0.25, -0.2) is 4.39 Å². The molecular weight excluding hydrogens is 155 g/mol. The lowest BCUT2D eigenvalue weighted by atomic mass is 10.1. The molecule has 0 unspecified atom stereocenters. The number of rotatable bonds is 1. The van der Waals surface area contributed by atoms with Crippen molar-refractivity contribution < 1.29 is 4.39 Å². The van der Waals surface area contributed by atoms with Crippen LogP contribution in [-0.4, -0.2) is 30.0 Å². The van der Waals surface area contributed by atoms with Crippen molar-refractivity contribution in [2.75, 3.05) is 13.1 Å². The molecule has 0 aromatic heterocycles. The van der Waals surface area contributed by atoms with Crippen molar-refractivity contribution in [2.24, 2.45) is 5.92 Å². The molecule has 0 saturated carbocycles. The van der Waals surface area contributed by atoms with E-state index in [1.807, 2.05) is 18.7 Å². The Morgan fingerprint density at radius 3 is 2.33 bits per heavy atom. The van der Waals surface area contributed by atoms with Crippen LogP contribution in [0, 0.1) is 11.3 Å². The van der Waals surface area contributed by atoms with Gasteiger partial charge in [0.05, 0.1) is 5.84 Å². The molecule has 1 heterocycles. The van der Waals surface area contributed by atoms with Gasteiger partial charge in [0.25, 0.3) is 0 Å². The average molecular weight is 172 g/mol. The first-order valence-corrected chi connectivity index (χ1v) is 4.58. The predicted molar refractivity (Wildman–Crippen MR) is 48.3 cm³/mol. The number of halogens is 1. The minimum Gasteiger partial charge on any atom is -0.360 e. The van der Waals surface area contributed by atoms with E-state index < -0.39 is 6.17 Å². The minimum absolute atomic E-state index is 0.265. The molecule has 1 saturated heterocycles. The summed E-state index contributed by atoms with van der Waals surface area (Å²) in [6, 6.07) is 0. The van der Waals surface area contributed by atoms with Gasteiger partial charge in [-0.05, 0) is 12.8 Å². The van der Waals surface area contributed by atoms with E-state index in [1.54, 1.807) is 0 Å². The molecule has 1 aliphatic heterocycles. The highest BCUT2D eigenvalue weighted by atomic mass is 19.1. The van der Waals surface area contributed by atoms with E-state index >= 15 is 0 Å². The predicted octanol–water partition coefficient (Wildman–Crippen LogP) is 2.05. The summed E-state index contributed by atoms with van der Waals surface area (Å²) >= 11 is 0. The largest absolute Gasteiger partial charge is 0.360 e. The lowest BCUT2D eigenvalue weighted by Gasteiger charge is -2.32. The minimum atomic E-state index is -0.638. The summed E-state index contributed by atoms with van der Waals surface area (Å²) in [6.07, 6.45) is 0.547. The molecule has 1 fully saturated rings. The number of amidine groups is 1. The Balaban J connectivity index is 2.39. The Morgan fingerprint density at radius 2 is 1.92 bits per heavy atom. The Morgan fingerprint density at radius 1 is 1.42 bits per heavy atom. The van der Waals surface area contributed by atoms with E-state index in [2.05, 4.69) is 0 Å². The van der Waals surface area contributed by atoms with Gasteiger partial charge in [-0.1, -0.05) is 13.8 Å². The number of hydrogen-bond donors (Lipinski definition) is 1. The monoisotopic (exact) mass is 172 g/mol. The van der Waals surface area contributed by atoms with Crippen LogP contribution in [0.2, 0.25) is 0 Å². The first kappa shape index (κ1) is 9.49. The summed E-state index contributed by atoms with van der Waals surface area (Å²) in [5.41, 5.74) is 0. The molecule has 0 aromatic rings. The molecule has 0 spiro atoms. The van der Waals surface area contributed by atoms with Gasteiger partial charge in [0.15, 0.2) is 0 Å². The van der Waals surface area contributed by atoms with E-state index in [0.29, 0.717) is 18.7 Å². The van der Waals surface area contributed by atoms with Crippen molar-refractivity contribution in [3.8, 4) is 0 Å². The number of nitrogens with one attached hydrogen (secondary N) is 1. The summed E-state index contributed by atoms with van der Waals surface area (Å²) < 4.78 is 12.7. The van der Waals surface area contributed by atoms with Crippen LogP contribution in [0.4, 0.5) is 4.39 Å². The normalized spacial score (nSPS) is 20.2. The smallest absolute Gasteiger partial charge is 0.103 e. The molecule has 0 aliphatic carbocycles. The molecule has 0 atom stereocenters. The number of alkyl halides is 1. The van der Waals surface area contributed by atoms with Crippen molar-refractivity contribution in [3.63, 3.8) is 0 Å². The van der Waals surface area contributed by atoms with Gasteiger partial charge in [-0.2, -0.15) is 0 Å². The molecule has 0 amide bonds. The SMILES string of the molecule is CC(C)C(=N)N1CCC(F)CC1. The highest BCUT2D eigenvalue weighted by Gasteiger charge is 2.21. The van der Waals surface area contributed by atoms with Gasteiger partial charge in [0, 0.05) is 19.0 Å². The molecule has 70 valence electrons. The summed E-state index contributed by atoms with van der Waals surface area (Å²) in [5.74, 6) is 0.920. The van der Waals surface area contributed by atoms with Gasteiger partial charge in [-0.3, -0.25) is 5.41 Å². The van der Waals surface area contributed by atoms with Gasteiger partial charge < -0.3 is 4.90 Å². The third kappa shape index (κ3) is 2.19. The maximum Gasteiger partial charge on any atom is 0.103 e. The Bertz CT molecular complexity index is 160. The van der Waals surface area contributed by atoms with Crippen LogP contribution in [0.3, 0.4) is 0 Å². The number of likely N-dealkylation sites (tertiary alicyclic amines) is 1. The number of piperidine rings is 1.